The van der Waals surface area contributed by atoms with Crippen molar-refractivity contribution in [2.45, 2.75) is 46.5 Å². The quantitative estimate of drug-likeness (QED) is 0.714. The van der Waals surface area contributed by atoms with Crippen LogP contribution in [-0.4, -0.2) is 30.3 Å². The van der Waals surface area contributed by atoms with Crippen LogP contribution in [0.5, 0.6) is 0 Å². The number of hydrogen-bond donors (Lipinski definition) is 0. The van der Waals surface area contributed by atoms with Crippen molar-refractivity contribution >= 4 is 5.78 Å². The molecule has 0 spiro atoms. The van der Waals surface area contributed by atoms with Crippen LogP contribution in [0.2, 0.25) is 0 Å². The molecule has 2 nitrogen and oxygen atoms in total. The minimum atomic E-state index is -0.0519. The third-order valence-corrected chi connectivity index (χ3v) is 4.29. The zero-order valence-electron chi connectivity index (χ0n) is 11.0. The van der Waals surface area contributed by atoms with E-state index < -0.39 is 0 Å². The van der Waals surface area contributed by atoms with Crippen molar-refractivity contribution in [3.05, 3.63) is 0 Å². The van der Waals surface area contributed by atoms with Gasteiger partial charge in [0.1, 0.15) is 5.78 Å². The second kappa shape index (κ2) is 4.48. The number of ketones is 1. The van der Waals surface area contributed by atoms with Crippen molar-refractivity contribution in [2.75, 3.05) is 19.6 Å². The van der Waals surface area contributed by atoms with Crippen LogP contribution in [0.3, 0.4) is 0 Å². The molecule has 2 aliphatic rings. The Morgan fingerprint density at radius 2 is 1.94 bits per heavy atom. The first-order chi connectivity index (χ1) is 7.53. The summed E-state index contributed by atoms with van der Waals surface area (Å²) in [4.78, 5) is 14.6. The Morgan fingerprint density at radius 1 is 1.25 bits per heavy atom. The first kappa shape index (κ1) is 12.1. The van der Waals surface area contributed by atoms with Gasteiger partial charge in [0.15, 0.2) is 0 Å². The van der Waals surface area contributed by atoms with E-state index in [0.717, 1.165) is 31.8 Å². The van der Waals surface area contributed by atoms with Crippen molar-refractivity contribution in [1.82, 2.24) is 4.90 Å². The molecule has 2 saturated carbocycles. The zero-order chi connectivity index (χ0) is 11.8. The predicted octanol–water partition coefficient (Wildman–Crippen LogP) is 2.72. The van der Waals surface area contributed by atoms with E-state index in [9.17, 15) is 4.79 Å². The van der Waals surface area contributed by atoms with E-state index >= 15 is 0 Å². The van der Waals surface area contributed by atoms with Crippen LogP contribution in [0, 0.1) is 17.3 Å². The SMILES string of the molecule is CCN(CC1CC1)CC1CCC(C)(C)C1=O. The van der Waals surface area contributed by atoms with Gasteiger partial charge in [-0.25, -0.2) is 0 Å². The lowest BCUT2D eigenvalue weighted by molar-refractivity contribution is -0.127. The minimum absolute atomic E-state index is 0.0519. The van der Waals surface area contributed by atoms with Gasteiger partial charge in [-0.15, -0.1) is 0 Å². The van der Waals surface area contributed by atoms with E-state index in [1.807, 2.05) is 0 Å². The average molecular weight is 223 g/mol. The van der Waals surface area contributed by atoms with Gasteiger partial charge in [0.05, 0.1) is 0 Å². The Morgan fingerprint density at radius 3 is 2.38 bits per heavy atom. The Balaban J connectivity index is 1.85. The summed E-state index contributed by atoms with van der Waals surface area (Å²) in [5.74, 6) is 1.75. The van der Waals surface area contributed by atoms with E-state index in [4.69, 9.17) is 0 Å². The van der Waals surface area contributed by atoms with Crippen molar-refractivity contribution in [1.29, 1.82) is 0 Å². The van der Waals surface area contributed by atoms with Crippen LogP contribution in [0.15, 0.2) is 0 Å². The summed E-state index contributed by atoms with van der Waals surface area (Å²) >= 11 is 0. The summed E-state index contributed by atoms with van der Waals surface area (Å²) in [6, 6.07) is 0. The van der Waals surface area contributed by atoms with Crippen molar-refractivity contribution < 1.29 is 4.79 Å². The summed E-state index contributed by atoms with van der Waals surface area (Å²) in [6.45, 7) is 9.75. The molecule has 0 radical (unpaired) electrons. The molecule has 0 aliphatic heterocycles. The lowest BCUT2D eigenvalue weighted by Crippen LogP contribution is -2.34. The molecule has 0 amide bonds. The number of carbonyl (C=O) groups excluding carboxylic acids is 1. The maximum absolute atomic E-state index is 12.2. The summed E-state index contributed by atoms with van der Waals surface area (Å²) in [7, 11) is 0. The highest BCUT2D eigenvalue weighted by Gasteiger charge is 2.40. The fraction of sp³-hybridized carbons (Fsp3) is 0.929. The predicted molar refractivity (Wildman–Crippen MR) is 66.4 cm³/mol. The average Bonchev–Trinajstić information content (AvgIpc) is 3.01. The van der Waals surface area contributed by atoms with E-state index in [1.54, 1.807) is 0 Å². The largest absolute Gasteiger partial charge is 0.303 e. The number of rotatable bonds is 5. The summed E-state index contributed by atoms with van der Waals surface area (Å²) < 4.78 is 0. The second-order valence-electron chi connectivity index (χ2n) is 6.28. The minimum Gasteiger partial charge on any atom is -0.303 e. The van der Waals surface area contributed by atoms with Crippen molar-refractivity contribution in [3.63, 3.8) is 0 Å². The molecule has 0 aromatic carbocycles. The first-order valence-electron chi connectivity index (χ1n) is 6.79. The molecule has 2 fully saturated rings. The molecule has 0 aromatic rings. The van der Waals surface area contributed by atoms with Crippen LogP contribution < -0.4 is 0 Å². The van der Waals surface area contributed by atoms with Crippen LogP contribution in [-0.2, 0) is 4.79 Å². The highest BCUT2D eigenvalue weighted by Crippen LogP contribution is 2.38. The zero-order valence-corrected chi connectivity index (χ0v) is 11.0. The molecule has 2 aliphatic carbocycles. The summed E-state index contributed by atoms with van der Waals surface area (Å²) in [5.41, 5.74) is -0.0519. The number of hydrogen-bond acceptors (Lipinski definition) is 2. The lowest BCUT2D eigenvalue weighted by Gasteiger charge is -2.24. The molecule has 0 saturated heterocycles. The van der Waals surface area contributed by atoms with Crippen LogP contribution >= 0.6 is 0 Å². The van der Waals surface area contributed by atoms with Gasteiger partial charge in [0, 0.05) is 24.4 Å². The summed E-state index contributed by atoms with van der Waals surface area (Å²) in [6.07, 6.45) is 4.99. The smallest absolute Gasteiger partial charge is 0.142 e. The van der Waals surface area contributed by atoms with Gasteiger partial charge in [-0.1, -0.05) is 20.8 Å². The Labute approximate surface area is 99.4 Å². The topological polar surface area (TPSA) is 20.3 Å². The van der Waals surface area contributed by atoms with Gasteiger partial charge < -0.3 is 4.90 Å². The lowest BCUT2D eigenvalue weighted by atomic mass is 9.89. The van der Waals surface area contributed by atoms with Gasteiger partial charge in [-0.2, -0.15) is 0 Å². The molecule has 0 bridgehead atoms. The molecule has 2 rings (SSSR count). The van der Waals surface area contributed by atoms with Gasteiger partial charge >= 0.3 is 0 Å². The summed E-state index contributed by atoms with van der Waals surface area (Å²) in [5, 5.41) is 0. The molecule has 0 N–H and O–H groups in total. The highest BCUT2D eigenvalue weighted by atomic mass is 16.1. The Kier molecular flexibility index (Phi) is 3.39. The third-order valence-electron chi connectivity index (χ3n) is 4.29. The standard InChI is InChI=1S/C14H25NO/c1-4-15(9-11-5-6-11)10-12-7-8-14(2,3)13(12)16/h11-12H,4-10H2,1-3H3. The van der Waals surface area contributed by atoms with Crippen molar-refractivity contribution in [3.8, 4) is 0 Å². The molecule has 0 aromatic heterocycles. The van der Waals surface area contributed by atoms with Crippen LogP contribution in [0.4, 0.5) is 0 Å². The number of carbonyl (C=O) groups is 1. The molecule has 0 heterocycles. The molecular formula is C14H25NO. The highest BCUT2D eigenvalue weighted by molar-refractivity contribution is 5.88. The molecule has 92 valence electrons. The molecular weight excluding hydrogens is 198 g/mol. The maximum atomic E-state index is 12.2. The monoisotopic (exact) mass is 223 g/mol. The van der Waals surface area contributed by atoms with E-state index in [1.165, 1.54) is 19.4 Å². The van der Waals surface area contributed by atoms with E-state index in [0.29, 0.717) is 11.7 Å². The fourth-order valence-corrected chi connectivity index (χ4v) is 2.83. The van der Waals surface area contributed by atoms with Gasteiger partial charge in [0.2, 0.25) is 0 Å². The van der Waals surface area contributed by atoms with Gasteiger partial charge in [-0.05, 0) is 38.1 Å². The van der Waals surface area contributed by atoms with Gasteiger partial charge in [-0.3, -0.25) is 4.79 Å². The van der Waals surface area contributed by atoms with E-state index in [2.05, 4.69) is 25.7 Å². The molecule has 16 heavy (non-hydrogen) atoms. The normalized spacial score (nSPS) is 29.0. The Bertz CT molecular complexity index is 268. The molecule has 1 atom stereocenters. The molecule has 2 heteroatoms. The molecule has 1 unspecified atom stereocenters. The maximum Gasteiger partial charge on any atom is 0.142 e. The van der Waals surface area contributed by atoms with Crippen molar-refractivity contribution in [2.24, 2.45) is 17.3 Å². The second-order valence-corrected chi connectivity index (χ2v) is 6.28. The Hall–Kier alpha value is -0.370. The fourth-order valence-electron chi connectivity index (χ4n) is 2.83. The number of nitrogens with zero attached hydrogens (tertiary/aromatic N) is 1. The van der Waals surface area contributed by atoms with Crippen LogP contribution in [0.25, 0.3) is 0 Å². The van der Waals surface area contributed by atoms with E-state index in [-0.39, 0.29) is 5.41 Å². The van der Waals surface area contributed by atoms with Gasteiger partial charge in [0.25, 0.3) is 0 Å². The first-order valence-corrected chi connectivity index (χ1v) is 6.79. The third kappa shape index (κ3) is 2.65. The van der Waals surface area contributed by atoms with Crippen LogP contribution in [0.1, 0.15) is 46.5 Å². The number of Topliss-reactive ketones (excluding diaryl/α,β-unsaturated/α-hetero) is 1.